The van der Waals surface area contributed by atoms with Crippen molar-refractivity contribution in [3.05, 3.63) is 35.7 Å². The Morgan fingerprint density at radius 1 is 1.62 bits per heavy atom. The fraction of sp³-hybridized carbons (Fsp3) is 0.200. The molecule has 0 amide bonds. The van der Waals surface area contributed by atoms with Gasteiger partial charge in [0.25, 0.3) is 0 Å². The van der Waals surface area contributed by atoms with Gasteiger partial charge >= 0.3 is 0 Å². The third-order valence-electron chi connectivity index (χ3n) is 1.57. The van der Waals surface area contributed by atoms with E-state index in [9.17, 15) is 4.39 Å². The van der Waals surface area contributed by atoms with Gasteiger partial charge in [-0.15, -0.1) is 0 Å². The molecule has 0 aromatic heterocycles. The van der Waals surface area contributed by atoms with Gasteiger partial charge in [0, 0.05) is 0 Å². The maximum absolute atomic E-state index is 12.6. The first-order valence-corrected chi connectivity index (χ1v) is 3.87. The van der Waals surface area contributed by atoms with E-state index in [0.717, 1.165) is 0 Å². The van der Waals surface area contributed by atoms with Crippen LogP contribution in [0.5, 0.6) is 5.75 Å². The second-order valence-electron chi connectivity index (χ2n) is 2.53. The van der Waals surface area contributed by atoms with Crippen molar-refractivity contribution in [1.29, 1.82) is 0 Å². The molecule has 70 valence electrons. The average Bonchev–Trinajstić information content (AvgIpc) is 2.18. The zero-order valence-corrected chi connectivity index (χ0v) is 7.33. The second-order valence-corrected chi connectivity index (χ2v) is 2.53. The number of ether oxygens (including phenoxy) is 1. The van der Waals surface area contributed by atoms with Crippen molar-refractivity contribution < 1.29 is 14.2 Å². The fourth-order valence-corrected chi connectivity index (χ4v) is 0.958. The van der Waals surface area contributed by atoms with Crippen LogP contribution in [0, 0.1) is 0 Å². The first-order chi connectivity index (χ1) is 6.26. The van der Waals surface area contributed by atoms with Crippen LogP contribution in [-0.2, 0) is 0 Å². The molecule has 0 unspecified atom stereocenters. The summed E-state index contributed by atoms with van der Waals surface area (Å²) in [5.74, 6) is 0.104. The SMILES string of the molecule is COc1cccc(/C=C(\F)CO)c1. The van der Waals surface area contributed by atoms with Gasteiger partial charge in [-0.25, -0.2) is 4.39 Å². The van der Waals surface area contributed by atoms with Crippen LogP contribution in [0.2, 0.25) is 0 Å². The van der Waals surface area contributed by atoms with Crippen molar-refractivity contribution in [2.75, 3.05) is 13.7 Å². The standard InChI is InChI=1S/C10H11FO2/c1-13-10-4-2-3-8(6-10)5-9(11)7-12/h2-6,12H,7H2,1H3/b9-5-. The minimum atomic E-state index is -0.572. The van der Waals surface area contributed by atoms with Gasteiger partial charge in [0.2, 0.25) is 0 Å². The zero-order chi connectivity index (χ0) is 9.68. The maximum atomic E-state index is 12.6. The van der Waals surface area contributed by atoms with Crippen molar-refractivity contribution in [2.24, 2.45) is 0 Å². The van der Waals surface area contributed by atoms with Crippen LogP contribution in [0.4, 0.5) is 4.39 Å². The number of hydrogen-bond acceptors (Lipinski definition) is 2. The van der Waals surface area contributed by atoms with Crippen LogP contribution in [0.3, 0.4) is 0 Å². The minimum Gasteiger partial charge on any atom is -0.497 e. The number of aliphatic hydroxyl groups excluding tert-OH is 1. The first-order valence-electron chi connectivity index (χ1n) is 3.87. The zero-order valence-electron chi connectivity index (χ0n) is 7.33. The summed E-state index contributed by atoms with van der Waals surface area (Å²) >= 11 is 0. The lowest BCUT2D eigenvalue weighted by Crippen LogP contribution is -1.84. The molecule has 0 aliphatic carbocycles. The maximum Gasteiger partial charge on any atom is 0.126 e. The van der Waals surface area contributed by atoms with Crippen molar-refractivity contribution in [3.8, 4) is 5.75 Å². The lowest BCUT2D eigenvalue weighted by atomic mass is 10.2. The van der Waals surface area contributed by atoms with Crippen molar-refractivity contribution in [2.45, 2.75) is 0 Å². The normalized spacial score (nSPS) is 11.5. The molecule has 0 aliphatic rings. The Hall–Kier alpha value is -1.35. The smallest absolute Gasteiger partial charge is 0.126 e. The quantitative estimate of drug-likeness (QED) is 0.774. The molecule has 0 radical (unpaired) electrons. The topological polar surface area (TPSA) is 29.5 Å². The van der Waals surface area contributed by atoms with Gasteiger partial charge in [0.05, 0.1) is 13.7 Å². The lowest BCUT2D eigenvalue weighted by Gasteiger charge is -2.00. The third kappa shape index (κ3) is 2.87. The highest BCUT2D eigenvalue weighted by molar-refractivity contribution is 5.53. The molecule has 2 nitrogen and oxygen atoms in total. The van der Waals surface area contributed by atoms with E-state index in [4.69, 9.17) is 9.84 Å². The molecule has 0 saturated heterocycles. The summed E-state index contributed by atoms with van der Waals surface area (Å²) in [6.07, 6.45) is 1.27. The third-order valence-corrected chi connectivity index (χ3v) is 1.57. The van der Waals surface area contributed by atoms with E-state index in [0.29, 0.717) is 11.3 Å². The van der Waals surface area contributed by atoms with Crippen molar-refractivity contribution in [1.82, 2.24) is 0 Å². The number of aliphatic hydroxyl groups is 1. The molecule has 1 N–H and O–H groups in total. The molecular weight excluding hydrogens is 171 g/mol. The van der Waals surface area contributed by atoms with Gasteiger partial charge in [-0.05, 0) is 23.8 Å². The molecular formula is C10H11FO2. The number of rotatable bonds is 3. The number of methoxy groups -OCH3 is 1. The Morgan fingerprint density at radius 3 is 3.00 bits per heavy atom. The molecule has 0 aliphatic heterocycles. The van der Waals surface area contributed by atoms with Gasteiger partial charge < -0.3 is 9.84 Å². The Bertz CT molecular complexity index is 308. The first kappa shape index (κ1) is 9.74. The predicted octanol–water partition coefficient (Wildman–Crippen LogP) is 2.00. The van der Waals surface area contributed by atoms with Crippen LogP contribution in [0.25, 0.3) is 6.08 Å². The molecule has 13 heavy (non-hydrogen) atoms. The molecule has 0 fully saturated rings. The Kier molecular flexibility index (Phi) is 3.46. The van der Waals surface area contributed by atoms with E-state index < -0.39 is 12.4 Å². The molecule has 0 saturated carbocycles. The lowest BCUT2D eigenvalue weighted by molar-refractivity contribution is 0.300. The Labute approximate surface area is 76.3 Å². The molecule has 0 atom stereocenters. The predicted molar refractivity (Wildman–Crippen MR) is 49.2 cm³/mol. The molecule has 0 heterocycles. The van der Waals surface area contributed by atoms with Gasteiger partial charge in [-0.2, -0.15) is 0 Å². The van der Waals surface area contributed by atoms with E-state index in [1.807, 2.05) is 0 Å². The molecule has 1 rings (SSSR count). The van der Waals surface area contributed by atoms with Crippen molar-refractivity contribution >= 4 is 6.08 Å². The summed E-state index contributed by atoms with van der Waals surface area (Å²) in [5, 5.41) is 8.45. The van der Waals surface area contributed by atoms with E-state index in [2.05, 4.69) is 0 Å². The van der Waals surface area contributed by atoms with E-state index in [1.54, 1.807) is 31.4 Å². The molecule has 1 aromatic carbocycles. The molecule has 3 heteroatoms. The molecule has 0 bridgehead atoms. The summed E-state index contributed by atoms with van der Waals surface area (Å²) in [4.78, 5) is 0. The van der Waals surface area contributed by atoms with Crippen LogP contribution in [0.1, 0.15) is 5.56 Å². The van der Waals surface area contributed by atoms with E-state index in [1.165, 1.54) is 6.08 Å². The largest absolute Gasteiger partial charge is 0.497 e. The summed E-state index contributed by atoms with van der Waals surface area (Å²) < 4.78 is 17.6. The van der Waals surface area contributed by atoms with E-state index in [-0.39, 0.29) is 0 Å². The summed E-state index contributed by atoms with van der Waals surface area (Å²) in [7, 11) is 1.55. The van der Waals surface area contributed by atoms with Crippen LogP contribution >= 0.6 is 0 Å². The second kappa shape index (κ2) is 4.62. The van der Waals surface area contributed by atoms with Crippen LogP contribution in [-0.4, -0.2) is 18.8 Å². The van der Waals surface area contributed by atoms with Gasteiger partial charge in [0.1, 0.15) is 11.6 Å². The number of hydrogen-bond donors (Lipinski definition) is 1. The Morgan fingerprint density at radius 2 is 2.38 bits per heavy atom. The minimum absolute atomic E-state index is 0.562. The summed E-state index contributed by atoms with van der Waals surface area (Å²) in [6.45, 7) is -0.572. The fourth-order valence-electron chi connectivity index (χ4n) is 0.958. The highest BCUT2D eigenvalue weighted by Crippen LogP contribution is 2.15. The Balaban J connectivity index is 2.89. The highest BCUT2D eigenvalue weighted by atomic mass is 19.1. The number of benzene rings is 1. The van der Waals surface area contributed by atoms with Crippen LogP contribution in [0.15, 0.2) is 30.1 Å². The van der Waals surface area contributed by atoms with Gasteiger partial charge in [-0.1, -0.05) is 12.1 Å². The van der Waals surface area contributed by atoms with Gasteiger partial charge in [0.15, 0.2) is 0 Å². The van der Waals surface area contributed by atoms with Gasteiger partial charge in [-0.3, -0.25) is 0 Å². The molecule has 0 spiro atoms. The molecule has 1 aromatic rings. The van der Waals surface area contributed by atoms with E-state index >= 15 is 0 Å². The monoisotopic (exact) mass is 182 g/mol. The average molecular weight is 182 g/mol. The summed E-state index contributed by atoms with van der Waals surface area (Å²) in [5.41, 5.74) is 0.672. The van der Waals surface area contributed by atoms with Crippen molar-refractivity contribution in [3.63, 3.8) is 0 Å². The summed E-state index contributed by atoms with van der Waals surface area (Å²) in [6, 6.07) is 6.95. The highest BCUT2D eigenvalue weighted by Gasteiger charge is 1.95. The van der Waals surface area contributed by atoms with Crippen LogP contribution < -0.4 is 4.74 Å². The number of halogens is 1.